The molecule has 0 heterocycles. The summed E-state index contributed by atoms with van der Waals surface area (Å²) in [5, 5.41) is 20.2. The normalized spacial score (nSPS) is 11.7. The SMILES string of the molecule is CCC(C)(c1cc(Cl)c(O)c(Cl)c1)c1cc(Cl)c(O)c(Cl)c1. The van der Waals surface area contributed by atoms with Crippen LogP contribution in [0.5, 0.6) is 11.5 Å². The van der Waals surface area contributed by atoms with Crippen molar-refractivity contribution in [3.05, 3.63) is 55.5 Å². The highest BCUT2D eigenvalue weighted by Gasteiger charge is 2.30. The Kier molecular flexibility index (Phi) is 5.08. The van der Waals surface area contributed by atoms with Crippen LogP contribution in [0.2, 0.25) is 20.1 Å². The van der Waals surface area contributed by atoms with Gasteiger partial charge in [-0.25, -0.2) is 0 Å². The zero-order chi connectivity index (χ0) is 16.7. The van der Waals surface area contributed by atoms with Crippen molar-refractivity contribution in [2.45, 2.75) is 25.7 Å². The van der Waals surface area contributed by atoms with Crippen LogP contribution in [-0.4, -0.2) is 10.2 Å². The Morgan fingerprint density at radius 3 is 1.27 bits per heavy atom. The lowest BCUT2D eigenvalue weighted by molar-refractivity contribution is 0.472. The number of aromatic hydroxyl groups is 2. The Morgan fingerprint density at radius 2 is 1.05 bits per heavy atom. The molecule has 0 aliphatic carbocycles. The molecule has 2 aromatic carbocycles. The zero-order valence-corrected chi connectivity index (χ0v) is 14.9. The molecule has 0 fully saturated rings. The van der Waals surface area contributed by atoms with Crippen LogP contribution in [0.1, 0.15) is 31.4 Å². The summed E-state index contributed by atoms with van der Waals surface area (Å²) in [4.78, 5) is 0. The Balaban J connectivity index is 2.68. The molecule has 0 spiro atoms. The number of hydrogen-bond donors (Lipinski definition) is 2. The molecule has 2 rings (SSSR count). The third kappa shape index (κ3) is 2.98. The summed E-state index contributed by atoms with van der Waals surface area (Å²) in [6.07, 6.45) is 0.710. The minimum atomic E-state index is -0.484. The van der Waals surface area contributed by atoms with Gasteiger partial charge in [-0.3, -0.25) is 0 Å². The molecule has 2 aromatic rings. The maximum Gasteiger partial charge on any atom is 0.152 e. The predicted molar refractivity (Wildman–Crippen MR) is 93.0 cm³/mol. The third-order valence-corrected chi connectivity index (χ3v) is 5.17. The first-order valence-electron chi connectivity index (χ1n) is 6.57. The lowest BCUT2D eigenvalue weighted by atomic mass is 9.74. The molecule has 0 aromatic heterocycles. The van der Waals surface area contributed by atoms with Crippen LogP contribution in [0.25, 0.3) is 0 Å². The van der Waals surface area contributed by atoms with Crippen LogP contribution >= 0.6 is 46.4 Å². The van der Waals surface area contributed by atoms with Crippen molar-refractivity contribution in [3.63, 3.8) is 0 Å². The van der Waals surface area contributed by atoms with Crippen LogP contribution in [0.15, 0.2) is 24.3 Å². The summed E-state index contributed by atoms with van der Waals surface area (Å²) in [6, 6.07) is 6.67. The van der Waals surface area contributed by atoms with E-state index < -0.39 is 5.41 Å². The van der Waals surface area contributed by atoms with Crippen molar-refractivity contribution in [1.82, 2.24) is 0 Å². The maximum atomic E-state index is 9.73. The standard InChI is InChI=1S/C16H14Cl4O2/c1-3-16(2,8-4-10(17)14(21)11(18)5-8)9-6-12(19)15(22)13(20)7-9/h4-7,21-22H,3H2,1-2H3. The molecular formula is C16H14Cl4O2. The number of rotatable bonds is 3. The Hall–Kier alpha value is -0.800. The monoisotopic (exact) mass is 378 g/mol. The lowest BCUT2D eigenvalue weighted by Crippen LogP contribution is -2.22. The molecule has 2 N–H and O–H groups in total. The quantitative estimate of drug-likeness (QED) is 0.645. The van der Waals surface area contributed by atoms with Crippen molar-refractivity contribution >= 4 is 46.4 Å². The summed E-state index contributed by atoms with van der Waals surface area (Å²) in [6.45, 7) is 3.99. The van der Waals surface area contributed by atoms with Crippen LogP contribution in [0.4, 0.5) is 0 Å². The molecule has 0 bridgehead atoms. The van der Waals surface area contributed by atoms with Crippen molar-refractivity contribution in [2.24, 2.45) is 0 Å². The summed E-state index contributed by atoms with van der Waals surface area (Å²) in [5.41, 5.74) is 1.16. The molecule has 0 aliphatic heterocycles. The highest BCUT2D eigenvalue weighted by Crippen LogP contribution is 2.44. The van der Waals surface area contributed by atoms with Crippen molar-refractivity contribution in [2.75, 3.05) is 0 Å². The van der Waals surface area contributed by atoms with Gasteiger partial charge in [0.1, 0.15) is 0 Å². The average molecular weight is 380 g/mol. The highest BCUT2D eigenvalue weighted by molar-refractivity contribution is 6.37. The fourth-order valence-electron chi connectivity index (χ4n) is 2.34. The van der Waals surface area contributed by atoms with Gasteiger partial charge in [-0.05, 0) is 41.8 Å². The first-order chi connectivity index (χ1) is 10.2. The number of phenolic OH excluding ortho intramolecular Hbond substituents is 2. The fourth-order valence-corrected chi connectivity index (χ4v) is 3.32. The van der Waals surface area contributed by atoms with Gasteiger partial charge in [0.05, 0.1) is 20.1 Å². The summed E-state index contributed by atoms with van der Waals surface area (Å²) in [5.74, 6) is -0.292. The molecule has 0 atom stereocenters. The van der Waals surface area contributed by atoms with Gasteiger partial charge in [0.15, 0.2) is 11.5 Å². The first kappa shape index (κ1) is 17.6. The first-order valence-corrected chi connectivity index (χ1v) is 8.09. The van der Waals surface area contributed by atoms with Crippen LogP contribution in [0.3, 0.4) is 0 Å². The Bertz CT molecular complexity index is 625. The molecule has 22 heavy (non-hydrogen) atoms. The summed E-state index contributed by atoms with van der Waals surface area (Å²) in [7, 11) is 0. The smallest absolute Gasteiger partial charge is 0.152 e. The maximum absolute atomic E-state index is 9.73. The van der Waals surface area contributed by atoms with E-state index in [1.165, 1.54) is 0 Å². The van der Waals surface area contributed by atoms with E-state index in [1.54, 1.807) is 24.3 Å². The third-order valence-electron chi connectivity index (χ3n) is 4.02. The molecular weight excluding hydrogens is 366 g/mol. The van der Waals surface area contributed by atoms with Gasteiger partial charge in [-0.15, -0.1) is 0 Å². The van der Waals surface area contributed by atoms with Gasteiger partial charge >= 0.3 is 0 Å². The van der Waals surface area contributed by atoms with Gasteiger partial charge in [-0.1, -0.05) is 60.3 Å². The lowest BCUT2D eigenvalue weighted by Gasteiger charge is -2.31. The van der Waals surface area contributed by atoms with Crippen LogP contribution in [-0.2, 0) is 5.41 Å². The van der Waals surface area contributed by atoms with E-state index in [4.69, 9.17) is 46.4 Å². The Labute approximate surface area is 149 Å². The minimum absolute atomic E-state index is 0.146. The van der Waals surface area contributed by atoms with Crippen molar-refractivity contribution < 1.29 is 10.2 Å². The summed E-state index contributed by atoms with van der Waals surface area (Å²) >= 11 is 24.1. The molecule has 0 amide bonds. The summed E-state index contributed by atoms with van der Waals surface area (Å²) < 4.78 is 0. The van der Waals surface area contributed by atoms with E-state index in [1.807, 2.05) is 13.8 Å². The number of hydrogen-bond acceptors (Lipinski definition) is 2. The topological polar surface area (TPSA) is 40.5 Å². The second-order valence-electron chi connectivity index (χ2n) is 5.26. The molecule has 0 radical (unpaired) electrons. The largest absolute Gasteiger partial charge is 0.505 e. The number of halogens is 4. The fraction of sp³-hybridized carbons (Fsp3) is 0.250. The molecule has 6 heteroatoms. The van der Waals surface area contributed by atoms with Gasteiger partial charge in [0.25, 0.3) is 0 Å². The Morgan fingerprint density at radius 1 is 0.773 bits per heavy atom. The average Bonchev–Trinajstić information content (AvgIpc) is 2.48. The predicted octanol–water partition coefficient (Wildman–Crippen LogP) is 6.43. The van der Waals surface area contributed by atoms with Gasteiger partial charge in [0, 0.05) is 5.41 Å². The van der Waals surface area contributed by atoms with Gasteiger partial charge < -0.3 is 10.2 Å². The van der Waals surface area contributed by atoms with Gasteiger partial charge in [0.2, 0.25) is 0 Å². The van der Waals surface area contributed by atoms with E-state index >= 15 is 0 Å². The number of phenols is 2. The molecule has 0 unspecified atom stereocenters. The highest BCUT2D eigenvalue weighted by atomic mass is 35.5. The van der Waals surface area contributed by atoms with Crippen LogP contribution < -0.4 is 0 Å². The van der Waals surface area contributed by atoms with E-state index in [-0.39, 0.29) is 31.6 Å². The van der Waals surface area contributed by atoms with E-state index in [0.29, 0.717) is 6.42 Å². The molecule has 0 aliphatic rings. The van der Waals surface area contributed by atoms with Gasteiger partial charge in [-0.2, -0.15) is 0 Å². The van der Waals surface area contributed by atoms with E-state index in [9.17, 15) is 10.2 Å². The number of benzene rings is 2. The second kappa shape index (κ2) is 6.37. The molecule has 2 nitrogen and oxygen atoms in total. The van der Waals surface area contributed by atoms with Crippen LogP contribution in [0, 0.1) is 0 Å². The minimum Gasteiger partial charge on any atom is -0.505 e. The zero-order valence-electron chi connectivity index (χ0n) is 11.9. The van der Waals surface area contributed by atoms with E-state index in [2.05, 4.69) is 0 Å². The molecule has 118 valence electrons. The van der Waals surface area contributed by atoms with E-state index in [0.717, 1.165) is 11.1 Å². The second-order valence-corrected chi connectivity index (χ2v) is 6.89. The van der Waals surface area contributed by atoms with Crippen molar-refractivity contribution in [3.8, 4) is 11.5 Å². The molecule has 0 saturated carbocycles. The van der Waals surface area contributed by atoms with Crippen molar-refractivity contribution in [1.29, 1.82) is 0 Å². The molecule has 0 saturated heterocycles.